The Balaban J connectivity index is 2.11. The van der Waals surface area contributed by atoms with Crippen LogP contribution in [0.1, 0.15) is 45.1 Å². The minimum atomic E-state index is -4.25. The summed E-state index contributed by atoms with van der Waals surface area (Å²) in [6.07, 6.45) is 0.738. The molecule has 0 radical (unpaired) electrons. The lowest BCUT2D eigenvalue weighted by atomic mass is 10.2. The van der Waals surface area contributed by atoms with Gasteiger partial charge >= 0.3 is 5.97 Å². The molecule has 10 nitrogen and oxygen atoms in total. The maximum absolute atomic E-state index is 12.6. The Morgan fingerprint density at radius 1 is 1.06 bits per heavy atom. The van der Waals surface area contributed by atoms with Crippen molar-refractivity contribution in [1.29, 1.82) is 0 Å². The number of rotatable bonds is 9. The van der Waals surface area contributed by atoms with Crippen molar-refractivity contribution in [2.75, 3.05) is 20.3 Å². The molecule has 0 atom stereocenters. The molecule has 0 fully saturated rings. The number of carbonyl (C=O) groups is 3. The number of amides is 2. The normalized spacial score (nSPS) is 11.1. The monoisotopic (exact) mass is 449 g/mol. The molecule has 11 heteroatoms. The summed E-state index contributed by atoms with van der Waals surface area (Å²) in [5.41, 5.74) is 0.0274. The van der Waals surface area contributed by atoms with Crippen LogP contribution in [-0.2, 0) is 19.5 Å². The summed E-state index contributed by atoms with van der Waals surface area (Å²) >= 11 is 0. The van der Waals surface area contributed by atoms with Crippen molar-refractivity contribution in [1.82, 2.24) is 15.0 Å². The predicted octanol–water partition coefficient (Wildman–Crippen LogP) is 1.14. The Labute approximate surface area is 180 Å². The molecule has 0 aliphatic heterocycles. The lowest BCUT2D eigenvalue weighted by Gasteiger charge is -2.10. The number of methoxy groups -OCH3 is 1. The summed E-state index contributed by atoms with van der Waals surface area (Å²) in [5, 5.41) is 2.58. The van der Waals surface area contributed by atoms with Crippen LogP contribution in [-0.4, -0.2) is 57.6 Å². The number of sulfonamides is 1. The molecule has 2 aromatic rings. The van der Waals surface area contributed by atoms with Gasteiger partial charge in [-0.1, -0.05) is 6.07 Å². The van der Waals surface area contributed by atoms with Gasteiger partial charge in [0, 0.05) is 25.4 Å². The van der Waals surface area contributed by atoms with E-state index < -0.39 is 27.8 Å². The maximum Gasteiger partial charge on any atom is 0.357 e. The van der Waals surface area contributed by atoms with Crippen molar-refractivity contribution in [3.63, 3.8) is 0 Å². The van der Waals surface area contributed by atoms with E-state index in [4.69, 9.17) is 9.47 Å². The SMILES string of the molecule is COCCNC(=O)c1cccc(S(=O)(=O)NC(=O)c2ccc(C(=O)OC(C)C)nc2)c1. The van der Waals surface area contributed by atoms with Gasteiger partial charge in [0.15, 0.2) is 0 Å². The molecule has 0 aliphatic rings. The summed E-state index contributed by atoms with van der Waals surface area (Å²) in [5.74, 6) is -2.07. The second-order valence-electron chi connectivity index (χ2n) is 6.60. The number of esters is 1. The number of hydrogen-bond donors (Lipinski definition) is 2. The van der Waals surface area contributed by atoms with E-state index in [-0.39, 0.29) is 34.4 Å². The topological polar surface area (TPSA) is 141 Å². The van der Waals surface area contributed by atoms with Crippen LogP contribution in [0.4, 0.5) is 0 Å². The zero-order valence-electron chi connectivity index (χ0n) is 17.2. The standard InChI is InChI=1S/C20H23N3O7S/c1-13(2)30-20(26)17-8-7-15(12-22-17)19(25)23-31(27,28)16-6-4-5-14(11-16)18(24)21-9-10-29-3/h4-8,11-13H,9-10H2,1-3H3,(H,21,24)(H,23,25). The molecule has 31 heavy (non-hydrogen) atoms. The van der Waals surface area contributed by atoms with Crippen LogP contribution in [0.15, 0.2) is 47.5 Å². The van der Waals surface area contributed by atoms with Crippen LogP contribution in [0.2, 0.25) is 0 Å². The summed E-state index contributed by atoms with van der Waals surface area (Å²) in [7, 11) is -2.77. The van der Waals surface area contributed by atoms with E-state index in [0.29, 0.717) is 6.61 Å². The molecule has 0 saturated carbocycles. The molecule has 2 N–H and O–H groups in total. The number of pyridine rings is 1. The Kier molecular flexibility index (Phi) is 8.22. The van der Waals surface area contributed by atoms with E-state index in [1.807, 2.05) is 4.72 Å². The fraction of sp³-hybridized carbons (Fsp3) is 0.300. The molecular formula is C20H23N3O7S. The first kappa shape index (κ1) is 24.0. The fourth-order valence-corrected chi connectivity index (χ4v) is 3.36. The number of benzene rings is 1. The molecule has 0 saturated heterocycles. The van der Waals surface area contributed by atoms with Crippen LogP contribution in [0.3, 0.4) is 0 Å². The fourth-order valence-electron chi connectivity index (χ4n) is 2.34. The Morgan fingerprint density at radius 3 is 2.42 bits per heavy atom. The molecule has 166 valence electrons. The van der Waals surface area contributed by atoms with Crippen molar-refractivity contribution < 1.29 is 32.3 Å². The number of ether oxygens (including phenoxy) is 2. The second-order valence-corrected chi connectivity index (χ2v) is 8.28. The van der Waals surface area contributed by atoms with Gasteiger partial charge in [0.05, 0.1) is 23.2 Å². The van der Waals surface area contributed by atoms with Crippen LogP contribution in [0, 0.1) is 0 Å². The van der Waals surface area contributed by atoms with Crippen LogP contribution in [0.25, 0.3) is 0 Å². The number of nitrogens with one attached hydrogen (secondary N) is 2. The van der Waals surface area contributed by atoms with E-state index in [9.17, 15) is 22.8 Å². The van der Waals surface area contributed by atoms with Crippen molar-refractivity contribution in [2.45, 2.75) is 24.8 Å². The highest BCUT2D eigenvalue weighted by Gasteiger charge is 2.21. The first-order chi connectivity index (χ1) is 14.6. The molecule has 0 unspecified atom stereocenters. The van der Waals surface area contributed by atoms with Gasteiger partial charge in [0.25, 0.3) is 21.8 Å². The quantitative estimate of drug-likeness (QED) is 0.429. The van der Waals surface area contributed by atoms with Gasteiger partial charge in [-0.25, -0.2) is 22.9 Å². The Bertz CT molecular complexity index is 1050. The van der Waals surface area contributed by atoms with Crippen molar-refractivity contribution in [2.24, 2.45) is 0 Å². The highest BCUT2D eigenvalue weighted by molar-refractivity contribution is 7.90. The highest BCUT2D eigenvalue weighted by Crippen LogP contribution is 2.13. The molecule has 2 amide bonds. The summed E-state index contributed by atoms with van der Waals surface area (Å²) in [6, 6.07) is 7.76. The van der Waals surface area contributed by atoms with E-state index in [1.165, 1.54) is 37.4 Å². The van der Waals surface area contributed by atoms with Crippen LogP contribution < -0.4 is 10.0 Å². The first-order valence-corrected chi connectivity index (χ1v) is 10.7. The average molecular weight is 449 g/mol. The molecule has 2 rings (SSSR count). The maximum atomic E-state index is 12.6. The van der Waals surface area contributed by atoms with Crippen molar-refractivity contribution >= 4 is 27.8 Å². The van der Waals surface area contributed by atoms with Gasteiger partial charge in [0.2, 0.25) is 0 Å². The number of nitrogens with zero attached hydrogens (tertiary/aromatic N) is 1. The van der Waals surface area contributed by atoms with Gasteiger partial charge in [-0.2, -0.15) is 0 Å². The van der Waals surface area contributed by atoms with Crippen LogP contribution >= 0.6 is 0 Å². The minimum absolute atomic E-state index is 0.0136. The minimum Gasteiger partial charge on any atom is -0.458 e. The lowest BCUT2D eigenvalue weighted by molar-refractivity contribution is 0.0370. The second kappa shape index (κ2) is 10.6. The number of hydrogen-bond acceptors (Lipinski definition) is 8. The third-order valence-corrected chi connectivity index (χ3v) is 5.13. The van der Waals surface area contributed by atoms with Gasteiger partial charge in [-0.05, 0) is 44.2 Å². The lowest BCUT2D eigenvalue weighted by Crippen LogP contribution is -2.31. The van der Waals surface area contributed by atoms with Crippen molar-refractivity contribution in [3.8, 4) is 0 Å². The van der Waals surface area contributed by atoms with Gasteiger partial charge in [-0.15, -0.1) is 0 Å². The highest BCUT2D eigenvalue weighted by atomic mass is 32.2. The van der Waals surface area contributed by atoms with E-state index >= 15 is 0 Å². The zero-order valence-corrected chi connectivity index (χ0v) is 18.1. The van der Waals surface area contributed by atoms with Gasteiger partial charge < -0.3 is 14.8 Å². The number of aromatic nitrogens is 1. The molecule has 1 aromatic heterocycles. The summed E-state index contributed by atoms with van der Waals surface area (Å²) < 4.78 is 36.9. The Hall–Kier alpha value is -3.31. The van der Waals surface area contributed by atoms with Crippen LogP contribution in [0.5, 0.6) is 0 Å². The van der Waals surface area contributed by atoms with E-state index in [2.05, 4.69) is 10.3 Å². The van der Waals surface area contributed by atoms with Gasteiger partial charge in [-0.3, -0.25) is 9.59 Å². The smallest absolute Gasteiger partial charge is 0.357 e. The van der Waals surface area contributed by atoms with E-state index in [1.54, 1.807) is 13.8 Å². The largest absolute Gasteiger partial charge is 0.458 e. The van der Waals surface area contributed by atoms with Crippen molar-refractivity contribution in [3.05, 3.63) is 59.4 Å². The molecule has 0 bridgehead atoms. The average Bonchev–Trinajstić information content (AvgIpc) is 2.73. The Morgan fingerprint density at radius 2 is 1.81 bits per heavy atom. The molecular weight excluding hydrogens is 426 g/mol. The molecule has 0 aliphatic carbocycles. The van der Waals surface area contributed by atoms with E-state index in [0.717, 1.165) is 12.3 Å². The zero-order chi connectivity index (χ0) is 23.0. The first-order valence-electron chi connectivity index (χ1n) is 9.25. The third kappa shape index (κ3) is 6.86. The predicted molar refractivity (Wildman–Crippen MR) is 110 cm³/mol. The van der Waals surface area contributed by atoms with Gasteiger partial charge in [0.1, 0.15) is 5.69 Å². The molecule has 1 aromatic carbocycles. The number of carbonyl (C=O) groups excluding carboxylic acids is 3. The molecule has 1 heterocycles. The summed E-state index contributed by atoms with van der Waals surface area (Å²) in [4.78, 5) is 39.8. The molecule has 0 spiro atoms. The third-order valence-electron chi connectivity index (χ3n) is 3.80. The summed E-state index contributed by atoms with van der Waals surface area (Å²) in [6.45, 7) is 3.93.